The second kappa shape index (κ2) is 3.26. The molecule has 0 aliphatic carbocycles. The molecular formula is C9H12N2O. The van der Waals surface area contributed by atoms with E-state index >= 15 is 0 Å². The molecule has 0 saturated heterocycles. The molecular weight excluding hydrogens is 152 g/mol. The maximum atomic E-state index is 7.37. The second-order valence-electron chi connectivity index (χ2n) is 2.60. The van der Waals surface area contributed by atoms with Crippen molar-refractivity contribution in [2.45, 2.75) is 6.92 Å². The van der Waals surface area contributed by atoms with Crippen molar-refractivity contribution in [3.63, 3.8) is 0 Å². The molecule has 0 radical (unpaired) electrons. The molecule has 3 nitrogen and oxygen atoms in total. The highest BCUT2D eigenvalue weighted by Gasteiger charge is 2.01. The van der Waals surface area contributed by atoms with Crippen LogP contribution in [0, 0.1) is 12.3 Å². The van der Waals surface area contributed by atoms with E-state index in [9.17, 15) is 0 Å². The van der Waals surface area contributed by atoms with Crippen LogP contribution in [0.25, 0.3) is 0 Å². The zero-order chi connectivity index (χ0) is 9.14. The van der Waals surface area contributed by atoms with E-state index in [1.807, 2.05) is 19.1 Å². The minimum absolute atomic E-state index is 0.140. The SMILES string of the molecule is COC(=N)c1ccc(C)c(N)c1. The summed E-state index contributed by atoms with van der Waals surface area (Å²) in [4.78, 5) is 0. The Morgan fingerprint density at radius 3 is 2.67 bits per heavy atom. The van der Waals surface area contributed by atoms with Crippen LogP contribution in [0.15, 0.2) is 18.2 Å². The van der Waals surface area contributed by atoms with Gasteiger partial charge in [-0.3, -0.25) is 5.41 Å². The number of methoxy groups -OCH3 is 1. The van der Waals surface area contributed by atoms with Crippen LogP contribution < -0.4 is 5.73 Å². The molecule has 3 heteroatoms. The monoisotopic (exact) mass is 164 g/mol. The van der Waals surface area contributed by atoms with E-state index in [1.165, 1.54) is 7.11 Å². The van der Waals surface area contributed by atoms with Gasteiger partial charge < -0.3 is 10.5 Å². The molecule has 1 rings (SSSR count). The van der Waals surface area contributed by atoms with Crippen molar-refractivity contribution in [2.75, 3.05) is 12.8 Å². The maximum Gasteiger partial charge on any atom is 0.212 e. The van der Waals surface area contributed by atoms with Crippen molar-refractivity contribution in [1.82, 2.24) is 0 Å². The van der Waals surface area contributed by atoms with Crippen LogP contribution in [0.3, 0.4) is 0 Å². The molecule has 0 atom stereocenters. The average molecular weight is 164 g/mol. The van der Waals surface area contributed by atoms with Gasteiger partial charge in [-0.25, -0.2) is 0 Å². The molecule has 0 unspecified atom stereocenters. The minimum atomic E-state index is 0.140. The Kier molecular flexibility index (Phi) is 2.33. The molecule has 1 aromatic rings. The number of benzene rings is 1. The Morgan fingerprint density at radius 2 is 2.17 bits per heavy atom. The lowest BCUT2D eigenvalue weighted by Crippen LogP contribution is -2.02. The summed E-state index contributed by atoms with van der Waals surface area (Å²) in [6.45, 7) is 1.93. The van der Waals surface area contributed by atoms with Gasteiger partial charge in [0.1, 0.15) is 0 Å². The van der Waals surface area contributed by atoms with E-state index in [1.54, 1.807) is 6.07 Å². The summed E-state index contributed by atoms with van der Waals surface area (Å²) in [6.07, 6.45) is 0. The van der Waals surface area contributed by atoms with E-state index in [4.69, 9.17) is 15.9 Å². The van der Waals surface area contributed by atoms with Gasteiger partial charge in [0, 0.05) is 11.3 Å². The molecule has 0 aliphatic heterocycles. The first-order valence-electron chi connectivity index (χ1n) is 3.64. The average Bonchev–Trinajstić information content (AvgIpc) is 2.08. The van der Waals surface area contributed by atoms with Crippen LogP contribution in [0.2, 0.25) is 0 Å². The van der Waals surface area contributed by atoms with E-state index < -0.39 is 0 Å². The van der Waals surface area contributed by atoms with Crippen molar-refractivity contribution < 1.29 is 4.74 Å². The second-order valence-corrected chi connectivity index (χ2v) is 2.60. The first-order chi connectivity index (χ1) is 5.65. The van der Waals surface area contributed by atoms with Gasteiger partial charge in [-0.1, -0.05) is 6.07 Å². The molecule has 3 N–H and O–H groups in total. The topological polar surface area (TPSA) is 59.1 Å². The number of ether oxygens (including phenoxy) is 1. The summed E-state index contributed by atoms with van der Waals surface area (Å²) in [7, 11) is 1.47. The van der Waals surface area contributed by atoms with Gasteiger partial charge in [0.15, 0.2) is 0 Å². The van der Waals surface area contributed by atoms with E-state index in [0.29, 0.717) is 11.3 Å². The van der Waals surface area contributed by atoms with Gasteiger partial charge in [-0.2, -0.15) is 0 Å². The lowest BCUT2D eigenvalue weighted by atomic mass is 10.1. The summed E-state index contributed by atoms with van der Waals surface area (Å²) in [5.41, 5.74) is 8.08. The number of hydrogen-bond acceptors (Lipinski definition) is 3. The highest BCUT2D eigenvalue weighted by atomic mass is 16.5. The summed E-state index contributed by atoms with van der Waals surface area (Å²) in [5, 5.41) is 7.37. The molecule has 0 fully saturated rings. The first kappa shape index (κ1) is 8.59. The molecule has 12 heavy (non-hydrogen) atoms. The Labute approximate surface area is 71.7 Å². The van der Waals surface area contributed by atoms with Crippen LogP contribution in [0.5, 0.6) is 0 Å². The molecule has 0 saturated carbocycles. The van der Waals surface area contributed by atoms with Crippen LogP contribution in [0.1, 0.15) is 11.1 Å². The summed E-state index contributed by atoms with van der Waals surface area (Å²) in [5.74, 6) is 0.140. The predicted molar refractivity (Wildman–Crippen MR) is 49.4 cm³/mol. The first-order valence-corrected chi connectivity index (χ1v) is 3.64. The fourth-order valence-corrected chi connectivity index (χ4v) is 0.900. The maximum absolute atomic E-state index is 7.37. The number of hydrogen-bond donors (Lipinski definition) is 2. The van der Waals surface area contributed by atoms with E-state index in [2.05, 4.69) is 0 Å². The normalized spacial score (nSPS) is 9.50. The van der Waals surface area contributed by atoms with Crippen LogP contribution in [-0.2, 0) is 4.74 Å². The summed E-state index contributed by atoms with van der Waals surface area (Å²) < 4.78 is 4.76. The fraction of sp³-hybridized carbons (Fsp3) is 0.222. The van der Waals surface area contributed by atoms with Crippen molar-refractivity contribution in [2.24, 2.45) is 0 Å². The zero-order valence-electron chi connectivity index (χ0n) is 7.22. The van der Waals surface area contributed by atoms with E-state index in [-0.39, 0.29) is 5.90 Å². The number of anilines is 1. The molecule has 0 spiro atoms. The standard InChI is InChI=1S/C9H12N2O/c1-6-3-4-7(5-8(6)10)9(11)12-2/h3-5,11H,10H2,1-2H3. The summed E-state index contributed by atoms with van der Waals surface area (Å²) in [6, 6.07) is 5.43. The lowest BCUT2D eigenvalue weighted by Gasteiger charge is -2.04. The van der Waals surface area contributed by atoms with Crippen LogP contribution in [0.4, 0.5) is 5.69 Å². The number of rotatable bonds is 1. The highest BCUT2D eigenvalue weighted by Crippen LogP contribution is 2.13. The number of nitrogens with one attached hydrogen (secondary N) is 1. The lowest BCUT2D eigenvalue weighted by molar-refractivity contribution is 0.401. The molecule has 0 bridgehead atoms. The van der Waals surface area contributed by atoms with Gasteiger partial charge in [-0.15, -0.1) is 0 Å². The van der Waals surface area contributed by atoms with E-state index in [0.717, 1.165) is 5.56 Å². The van der Waals surface area contributed by atoms with Crippen molar-refractivity contribution in [1.29, 1.82) is 5.41 Å². The number of nitrogen functional groups attached to an aromatic ring is 1. The quantitative estimate of drug-likeness (QED) is 0.376. The van der Waals surface area contributed by atoms with Crippen molar-refractivity contribution in [3.8, 4) is 0 Å². The zero-order valence-corrected chi connectivity index (χ0v) is 7.22. The van der Waals surface area contributed by atoms with Crippen molar-refractivity contribution >= 4 is 11.6 Å². The summed E-state index contributed by atoms with van der Waals surface area (Å²) >= 11 is 0. The van der Waals surface area contributed by atoms with Crippen LogP contribution in [-0.4, -0.2) is 13.0 Å². The number of nitrogens with two attached hydrogens (primary N) is 1. The fourth-order valence-electron chi connectivity index (χ4n) is 0.900. The third-order valence-corrected chi connectivity index (χ3v) is 1.75. The third-order valence-electron chi connectivity index (χ3n) is 1.75. The molecule has 0 heterocycles. The Morgan fingerprint density at radius 1 is 1.50 bits per heavy atom. The predicted octanol–water partition coefficient (Wildman–Crippen LogP) is 1.55. The van der Waals surface area contributed by atoms with Crippen molar-refractivity contribution in [3.05, 3.63) is 29.3 Å². The van der Waals surface area contributed by atoms with Gasteiger partial charge in [0.25, 0.3) is 0 Å². The molecule has 0 aromatic heterocycles. The molecule has 1 aromatic carbocycles. The highest BCUT2D eigenvalue weighted by molar-refractivity contribution is 5.92. The smallest absolute Gasteiger partial charge is 0.212 e. The Bertz CT molecular complexity index is 307. The third kappa shape index (κ3) is 1.56. The van der Waals surface area contributed by atoms with Gasteiger partial charge in [-0.05, 0) is 24.6 Å². The van der Waals surface area contributed by atoms with Gasteiger partial charge in [0.2, 0.25) is 5.90 Å². The van der Waals surface area contributed by atoms with Gasteiger partial charge >= 0.3 is 0 Å². The Balaban J connectivity index is 3.05. The Hall–Kier alpha value is -1.51. The molecule has 64 valence electrons. The molecule has 0 aliphatic rings. The minimum Gasteiger partial charge on any atom is -0.481 e. The van der Waals surface area contributed by atoms with Gasteiger partial charge in [0.05, 0.1) is 7.11 Å². The molecule has 0 amide bonds. The van der Waals surface area contributed by atoms with Crippen LogP contribution >= 0.6 is 0 Å². The largest absolute Gasteiger partial charge is 0.481 e. The number of aryl methyl sites for hydroxylation is 1.